The van der Waals surface area contributed by atoms with Crippen LogP contribution in [0.25, 0.3) is 0 Å². The molecule has 5 atom stereocenters. The van der Waals surface area contributed by atoms with E-state index in [9.17, 15) is 10.2 Å². The molecule has 0 radical (unpaired) electrons. The average Bonchev–Trinajstić information content (AvgIpc) is 2.68. The van der Waals surface area contributed by atoms with Crippen LogP contribution < -0.4 is 0 Å². The highest BCUT2D eigenvalue weighted by Crippen LogP contribution is 2.28. The van der Waals surface area contributed by atoms with E-state index in [1.807, 2.05) is 30.3 Å². The van der Waals surface area contributed by atoms with E-state index >= 15 is 0 Å². The van der Waals surface area contributed by atoms with Crippen molar-refractivity contribution >= 4 is 0 Å². The molecular weight excluding hydrogens is 356 g/mol. The Kier molecular flexibility index (Phi) is 10.4. The van der Waals surface area contributed by atoms with E-state index in [1.54, 1.807) is 0 Å². The second-order valence-corrected chi connectivity index (χ2v) is 8.20. The van der Waals surface area contributed by atoms with Gasteiger partial charge in [0.2, 0.25) is 0 Å². The summed E-state index contributed by atoms with van der Waals surface area (Å²) < 4.78 is 17.7. The monoisotopic (exact) mass is 394 g/mol. The molecule has 5 nitrogen and oxygen atoms in total. The van der Waals surface area contributed by atoms with Crippen molar-refractivity contribution in [1.29, 1.82) is 0 Å². The van der Waals surface area contributed by atoms with Crippen LogP contribution in [-0.4, -0.2) is 47.5 Å². The molecule has 1 aliphatic rings. The molecule has 0 unspecified atom stereocenters. The Bertz CT molecular complexity index is 521. The summed E-state index contributed by atoms with van der Waals surface area (Å²) in [5.74, 6) is 0.361. The van der Waals surface area contributed by atoms with Crippen LogP contribution >= 0.6 is 0 Å². The highest BCUT2D eigenvalue weighted by atomic mass is 16.7. The molecule has 0 saturated carbocycles. The summed E-state index contributed by atoms with van der Waals surface area (Å²) in [6.07, 6.45) is 2.57. The third kappa shape index (κ3) is 7.45. The molecule has 1 aliphatic heterocycles. The number of hydrogen-bond donors (Lipinski definition) is 2. The summed E-state index contributed by atoms with van der Waals surface area (Å²) in [5, 5.41) is 21.5. The summed E-state index contributed by atoms with van der Waals surface area (Å²) in [6, 6.07) is 9.80. The third-order valence-electron chi connectivity index (χ3n) is 5.16. The molecular formula is C23H38O5. The number of rotatable bonds is 12. The van der Waals surface area contributed by atoms with Gasteiger partial charge in [0.25, 0.3) is 0 Å². The van der Waals surface area contributed by atoms with Crippen LogP contribution in [0.15, 0.2) is 30.3 Å². The molecule has 5 heteroatoms. The first-order valence-electron chi connectivity index (χ1n) is 10.8. The molecule has 1 heterocycles. The maximum Gasteiger partial charge on any atom is 0.186 e. The first-order valence-corrected chi connectivity index (χ1v) is 10.8. The zero-order valence-corrected chi connectivity index (χ0v) is 17.6. The van der Waals surface area contributed by atoms with Gasteiger partial charge in [-0.05, 0) is 24.3 Å². The SMILES string of the molecule is CCCCCCCO[C@@H]1[C@@H](O)[C@@H](OCc2ccccc2)O[C@H](CC(C)C)[C@H]1O. The Morgan fingerprint density at radius 3 is 2.36 bits per heavy atom. The van der Waals surface area contributed by atoms with Gasteiger partial charge >= 0.3 is 0 Å². The van der Waals surface area contributed by atoms with Gasteiger partial charge < -0.3 is 24.4 Å². The van der Waals surface area contributed by atoms with Crippen LogP contribution in [0.5, 0.6) is 0 Å². The summed E-state index contributed by atoms with van der Waals surface area (Å²) in [6.45, 7) is 7.24. The Morgan fingerprint density at radius 2 is 1.68 bits per heavy atom. The molecule has 1 aromatic rings. The molecule has 160 valence electrons. The van der Waals surface area contributed by atoms with Crippen LogP contribution in [-0.2, 0) is 20.8 Å². The fourth-order valence-corrected chi connectivity index (χ4v) is 3.57. The third-order valence-corrected chi connectivity index (χ3v) is 5.16. The molecule has 0 bridgehead atoms. The van der Waals surface area contributed by atoms with Crippen LogP contribution in [0.2, 0.25) is 0 Å². The lowest BCUT2D eigenvalue weighted by Crippen LogP contribution is -2.59. The van der Waals surface area contributed by atoms with Gasteiger partial charge in [0, 0.05) is 6.61 Å². The van der Waals surface area contributed by atoms with Gasteiger partial charge in [-0.25, -0.2) is 0 Å². The van der Waals surface area contributed by atoms with Gasteiger partial charge in [-0.1, -0.05) is 76.8 Å². The molecule has 1 aromatic carbocycles. The average molecular weight is 395 g/mol. The zero-order chi connectivity index (χ0) is 20.4. The Labute approximate surface area is 170 Å². The second kappa shape index (κ2) is 12.6. The Morgan fingerprint density at radius 1 is 0.964 bits per heavy atom. The van der Waals surface area contributed by atoms with Crippen molar-refractivity contribution in [3.63, 3.8) is 0 Å². The predicted molar refractivity (Wildman–Crippen MR) is 110 cm³/mol. The minimum Gasteiger partial charge on any atom is -0.388 e. The summed E-state index contributed by atoms with van der Waals surface area (Å²) in [5.41, 5.74) is 1.01. The van der Waals surface area contributed by atoms with E-state index in [0.717, 1.165) is 18.4 Å². The van der Waals surface area contributed by atoms with Crippen molar-refractivity contribution < 1.29 is 24.4 Å². The number of aliphatic hydroxyl groups excluding tert-OH is 2. The van der Waals surface area contributed by atoms with Crippen molar-refractivity contribution in [2.24, 2.45) is 5.92 Å². The number of ether oxygens (including phenoxy) is 3. The van der Waals surface area contributed by atoms with Crippen LogP contribution in [0.1, 0.15) is 64.9 Å². The van der Waals surface area contributed by atoms with E-state index in [-0.39, 0.29) is 0 Å². The molecule has 2 N–H and O–H groups in total. The molecule has 1 saturated heterocycles. The fourth-order valence-electron chi connectivity index (χ4n) is 3.57. The maximum atomic E-state index is 10.7. The lowest BCUT2D eigenvalue weighted by atomic mass is 9.92. The van der Waals surface area contributed by atoms with Gasteiger partial charge in [0.1, 0.15) is 18.3 Å². The molecule has 0 aliphatic carbocycles. The summed E-state index contributed by atoms with van der Waals surface area (Å²) >= 11 is 0. The molecule has 2 rings (SSSR count). The minimum atomic E-state index is -1.02. The van der Waals surface area contributed by atoms with Gasteiger partial charge in [0.15, 0.2) is 6.29 Å². The van der Waals surface area contributed by atoms with Crippen molar-refractivity contribution in [3.8, 4) is 0 Å². The largest absolute Gasteiger partial charge is 0.388 e. The quantitative estimate of drug-likeness (QED) is 0.524. The fraction of sp³-hybridized carbons (Fsp3) is 0.739. The van der Waals surface area contributed by atoms with Crippen LogP contribution in [0, 0.1) is 5.92 Å². The maximum absolute atomic E-state index is 10.7. The minimum absolute atomic E-state index is 0.344. The predicted octanol–water partition coefficient (Wildman–Crippen LogP) is 4.05. The van der Waals surface area contributed by atoms with E-state index in [4.69, 9.17) is 14.2 Å². The van der Waals surface area contributed by atoms with Crippen molar-refractivity contribution in [2.75, 3.05) is 6.61 Å². The van der Waals surface area contributed by atoms with E-state index in [1.165, 1.54) is 19.3 Å². The second-order valence-electron chi connectivity index (χ2n) is 8.20. The Hall–Kier alpha value is -0.980. The van der Waals surface area contributed by atoms with E-state index in [2.05, 4.69) is 20.8 Å². The molecule has 1 fully saturated rings. The van der Waals surface area contributed by atoms with Gasteiger partial charge in [-0.3, -0.25) is 0 Å². The van der Waals surface area contributed by atoms with Crippen molar-refractivity contribution in [2.45, 2.75) is 96.6 Å². The van der Waals surface area contributed by atoms with Crippen LogP contribution in [0.4, 0.5) is 0 Å². The number of unbranched alkanes of at least 4 members (excludes halogenated alkanes) is 4. The van der Waals surface area contributed by atoms with E-state index < -0.39 is 30.7 Å². The topological polar surface area (TPSA) is 68.2 Å². The molecule has 28 heavy (non-hydrogen) atoms. The van der Waals surface area contributed by atoms with Crippen molar-refractivity contribution in [1.82, 2.24) is 0 Å². The van der Waals surface area contributed by atoms with Crippen LogP contribution in [0.3, 0.4) is 0 Å². The number of aliphatic hydroxyl groups is 2. The van der Waals surface area contributed by atoms with Gasteiger partial charge in [-0.2, -0.15) is 0 Å². The van der Waals surface area contributed by atoms with E-state index in [0.29, 0.717) is 25.6 Å². The summed E-state index contributed by atoms with van der Waals surface area (Å²) in [7, 11) is 0. The highest BCUT2D eigenvalue weighted by Gasteiger charge is 2.45. The molecule has 0 amide bonds. The first kappa shape index (κ1) is 23.3. The standard InChI is InChI=1S/C23H38O5/c1-4-5-6-7-11-14-26-22-20(24)19(15-17(2)3)28-23(21(22)25)27-16-18-12-9-8-10-13-18/h8-10,12-13,17,19-25H,4-7,11,14-16H2,1-3H3/t19-,20-,21-,22+,23+/m1/s1. The lowest BCUT2D eigenvalue weighted by molar-refractivity contribution is -0.308. The molecule has 0 spiro atoms. The normalized spacial score (nSPS) is 28.0. The number of benzene rings is 1. The van der Waals surface area contributed by atoms with Gasteiger partial charge in [0.05, 0.1) is 12.7 Å². The van der Waals surface area contributed by atoms with Crippen molar-refractivity contribution in [3.05, 3.63) is 35.9 Å². The first-order chi connectivity index (χ1) is 13.5. The smallest absolute Gasteiger partial charge is 0.186 e. The Balaban J connectivity index is 1.93. The lowest BCUT2D eigenvalue weighted by Gasteiger charge is -2.43. The zero-order valence-electron chi connectivity index (χ0n) is 17.6. The number of hydrogen-bond acceptors (Lipinski definition) is 5. The highest BCUT2D eigenvalue weighted by molar-refractivity contribution is 5.13. The molecule has 0 aromatic heterocycles. The summed E-state index contributed by atoms with van der Waals surface area (Å²) in [4.78, 5) is 0. The van der Waals surface area contributed by atoms with Gasteiger partial charge in [-0.15, -0.1) is 0 Å².